The first-order chi connectivity index (χ1) is 21.3. The predicted octanol–water partition coefficient (Wildman–Crippen LogP) is 9.13. The van der Waals surface area contributed by atoms with Gasteiger partial charge in [-0.1, -0.05) is 109 Å². The standard InChI is InChI=1S/C38H23N5/c1-2-15-27-24(11-1)12-10-19-28(27)35-31-18-5-6-20-32(31)39-37(41-35)26-14-9-13-25(23-26)34-29-16-3-4-17-30(29)36-38(42-34)43-22-8-7-21-33(43)40-36/h1-23H. The molecule has 0 amide bonds. The maximum absolute atomic E-state index is 5.23. The number of rotatable bonds is 3. The van der Waals surface area contributed by atoms with Gasteiger partial charge in [0.25, 0.3) is 0 Å². The SMILES string of the molecule is c1cc(-c2nc(-c3cccc4ccccc34)c3ccccc3n2)cc(-c2nc3c(nc4ccccn43)c3ccccc23)c1. The first-order valence-corrected chi connectivity index (χ1v) is 14.3. The molecule has 0 radical (unpaired) electrons. The van der Waals surface area contributed by atoms with Crippen molar-refractivity contribution in [2.24, 2.45) is 0 Å². The van der Waals surface area contributed by atoms with Crippen molar-refractivity contribution in [3.05, 3.63) is 140 Å². The number of para-hydroxylation sites is 1. The summed E-state index contributed by atoms with van der Waals surface area (Å²) >= 11 is 0. The summed E-state index contributed by atoms with van der Waals surface area (Å²) < 4.78 is 2.05. The fourth-order valence-corrected chi connectivity index (χ4v) is 6.20. The van der Waals surface area contributed by atoms with E-state index in [1.165, 1.54) is 10.8 Å². The molecule has 43 heavy (non-hydrogen) atoms. The number of fused-ring (bicyclic) bond motifs is 7. The van der Waals surface area contributed by atoms with Crippen LogP contribution >= 0.6 is 0 Å². The number of pyridine rings is 2. The van der Waals surface area contributed by atoms with Crippen LogP contribution in [0.15, 0.2) is 140 Å². The van der Waals surface area contributed by atoms with Crippen LogP contribution in [0, 0.1) is 0 Å². The molecule has 4 aromatic heterocycles. The van der Waals surface area contributed by atoms with Gasteiger partial charge in [-0.2, -0.15) is 0 Å². The molecule has 0 bridgehead atoms. The molecule has 0 N–H and O–H groups in total. The van der Waals surface area contributed by atoms with E-state index in [1.54, 1.807) is 0 Å². The molecule has 5 heteroatoms. The van der Waals surface area contributed by atoms with Crippen molar-refractivity contribution in [3.63, 3.8) is 0 Å². The lowest BCUT2D eigenvalue weighted by molar-refractivity contribution is 1.19. The van der Waals surface area contributed by atoms with E-state index in [2.05, 4.69) is 108 Å². The molecule has 5 nitrogen and oxygen atoms in total. The van der Waals surface area contributed by atoms with Crippen molar-refractivity contribution in [2.75, 3.05) is 0 Å². The minimum atomic E-state index is 0.684. The average Bonchev–Trinajstić information content (AvgIpc) is 3.46. The maximum Gasteiger partial charge on any atom is 0.165 e. The molecule has 5 aromatic carbocycles. The van der Waals surface area contributed by atoms with Crippen LogP contribution in [0.5, 0.6) is 0 Å². The third-order valence-corrected chi connectivity index (χ3v) is 8.20. The Morgan fingerprint density at radius 2 is 1.19 bits per heavy atom. The normalized spacial score (nSPS) is 11.7. The van der Waals surface area contributed by atoms with E-state index >= 15 is 0 Å². The maximum atomic E-state index is 5.23. The van der Waals surface area contributed by atoms with Crippen LogP contribution in [0.3, 0.4) is 0 Å². The number of aromatic nitrogens is 5. The second-order valence-corrected chi connectivity index (χ2v) is 10.7. The van der Waals surface area contributed by atoms with Gasteiger partial charge >= 0.3 is 0 Å². The van der Waals surface area contributed by atoms with Crippen LogP contribution in [-0.2, 0) is 0 Å². The smallest absolute Gasteiger partial charge is 0.165 e. The topological polar surface area (TPSA) is 56.0 Å². The Kier molecular flexibility index (Phi) is 5.13. The van der Waals surface area contributed by atoms with Gasteiger partial charge in [-0.3, -0.25) is 4.40 Å². The molecular formula is C38H23N5. The minimum absolute atomic E-state index is 0.684. The van der Waals surface area contributed by atoms with Crippen molar-refractivity contribution in [3.8, 4) is 33.9 Å². The lowest BCUT2D eigenvalue weighted by Gasteiger charge is -2.12. The Morgan fingerprint density at radius 1 is 0.465 bits per heavy atom. The Bertz CT molecular complexity index is 2520. The quantitative estimate of drug-likeness (QED) is 0.220. The van der Waals surface area contributed by atoms with Gasteiger partial charge in [0, 0.05) is 39.0 Å². The lowest BCUT2D eigenvalue weighted by Crippen LogP contribution is -1.96. The number of nitrogens with zero attached hydrogens (tertiary/aromatic N) is 5. The molecular weight excluding hydrogens is 526 g/mol. The van der Waals surface area contributed by atoms with Crippen LogP contribution in [0.2, 0.25) is 0 Å². The molecule has 0 saturated heterocycles. The highest BCUT2D eigenvalue weighted by molar-refractivity contribution is 6.09. The summed E-state index contributed by atoms with van der Waals surface area (Å²) in [7, 11) is 0. The summed E-state index contributed by atoms with van der Waals surface area (Å²) in [6.07, 6.45) is 2.02. The van der Waals surface area contributed by atoms with Crippen molar-refractivity contribution in [2.45, 2.75) is 0 Å². The van der Waals surface area contributed by atoms with Gasteiger partial charge in [-0.25, -0.2) is 19.9 Å². The zero-order valence-electron chi connectivity index (χ0n) is 23.0. The van der Waals surface area contributed by atoms with Gasteiger partial charge in [-0.15, -0.1) is 0 Å². The van der Waals surface area contributed by atoms with Crippen LogP contribution in [0.25, 0.3) is 83.2 Å². The Morgan fingerprint density at radius 3 is 2.12 bits per heavy atom. The van der Waals surface area contributed by atoms with Crippen molar-refractivity contribution in [1.82, 2.24) is 24.3 Å². The molecule has 0 saturated carbocycles. The van der Waals surface area contributed by atoms with E-state index in [0.717, 1.165) is 66.6 Å². The molecule has 4 heterocycles. The third kappa shape index (κ3) is 3.72. The Balaban J connectivity index is 1.28. The number of benzene rings is 5. The van der Waals surface area contributed by atoms with E-state index in [0.29, 0.717) is 5.82 Å². The lowest BCUT2D eigenvalue weighted by atomic mass is 9.98. The summed E-state index contributed by atoms with van der Waals surface area (Å²) in [6, 6.07) is 45.9. The monoisotopic (exact) mass is 549 g/mol. The summed E-state index contributed by atoms with van der Waals surface area (Å²) in [5, 5.41) is 5.53. The minimum Gasteiger partial charge on any atom is -0.284 e. The highest BCUT2D eigenvalue weighted by Gasteiger charge is 2.17. The second-order valence-electron chi connectivity index (χ2n) is 10.7. The van der Waals surface area contributed by atoms with E-state index in [1.807, 2.05) is 36.5 Å². The molecule has 0 aliphatic carbocycles. The molecule has 0 aliphatic rings. The Labute approximate surface area is 246 Å². The number of hydrogen-bond donors (Lipinski definition) is 0. The van der Waals surface area contributed by atoms with E-state index < -0.39 is 0 Å². The summed E-state index contributed by atoms with van der Waals surface area (Å²) in [4.78, 5) is 20.4. The zero-order valence-corrected chi connectivity index (χ0v) is 23.0. The summed E-state index contributed by atoms with van der Waals surface area (Å²) in [5.41, 5.74) is 8.42. The molecule has 200 valence electrons. The average molecular weight is 550 g/mol. The van der Waals surface area contributed by atoms with Crippen LogP contribution in [0.4, 0.5) is 0 Å². The first-order valence-electron chi connectivity index (χ1n) is 14.3. The van der Waals surface area contributed by atoms with Crippen LogP contribution in [0.1, 0.15) is 0 Å². The van der Waals surface area contributed by atoms with Gasteiger partial charge < -0.3 is 0 Å². The molecule has 9 rings (SSSR count). The third-order valence-electron chi connectivity index (χ3n) is 8.20. The van der Waals surface area contributed by atoms with E-state index in [-0.39, 0.29) is 0 Å². The highest BCUT2D eigenvalue weighted by Crippen LogP contribution is 2.36. The van der Waals surface area contributed by atoms with Crippen molar-refractivity contribution in [1.29, 1.82) is 0 Å². The van der Waals surface area contributed by atoms with E-state index in [4.69, 9.17) is 19.9 Å². The van der Waals surface area contributed by atoms with E-state index in [9.17, 15) is 0 Å². The molecule has 0 spiro atoms. The Hall–Kier alpha value is -5.94. The number of hydrogen-bond acceptors (Lipinski definition) is 4. The summed E-state index contributed by atoms with van der Waals surface area (Å²) in [6.45, 7) is 0. The molecule has 9 aromatic rings. The van der Waals surface area contributed by atoms with Gasteiger partial charge in [0.15, 0.2) is 11.5 Å². The number of imidazole rings is 1. The second kappa shape index (κ2) is 9.29. The van der Waals surface area contributed by atoms with Crippen LogP contribution in [-0.4, -0.2) is 24.3 Å². The molecule has 0 aliphatic heterocycles. The predicted molar refractivity (Wildman–Crippen MR) is 175 cm³/mol. The van der Waals surface area contributed by atoms with Gasteiger partial charge in [-0.05, 0) is 35.0 Å². The largest absolute Gasteiger partial charge is 0.284 e. The van der Waals surface area contributed by atoms with Gasteiger partial charge in [0.1, 0.15) is 11.2 Å². The van der Waals surface area contributed by atoms with Gasteiger partial charge in [0.2, 0.25) is 0 Å². The van der Waals surface area contributed by atoms with Crippen molar-refractivity contribution < 1.29 is 0 Å². The zero-order chi connectivity index (χ0) is 28.3. The highest BCUT2D eigenvalue weighted by atomic mass is 15.1. The molecule has 0 unspecified atom stereocenters. The molecule has 0 fully saturated rings. The fraction of sp³-hybridized carbons (Fsp3) is 0. The summed E-state index contributed by atoms with van der Waals surface area (Å²) in [5.74, 6) is 0.684. The molecule has 0 atom stereocenters. The van der Waals surface area contributed by atoms with Crippen LogP contribution < -0.4 is 0 Å². The van der Waals surface area contributed by atoms with Gasteiger partial charge in [0.05, 0.1) is 16.9 Å². The first kappa shape index (κ1) is 23.7. The fourth-order valence-electron chi connectivity index (χ4n) is 6.20. The van der Waals surface area contributed by atoms with Crippen molar-refractivity contribution >= 4 is 49.3 Å².